The zero-order chi connectivity index (χ0) is 21.5. The summed E-state index contributed by atoms with van der Waals surface area (Å²) in [5.74, 6) is 2.83. The molecule has 1 fully saturated rings. The van der Waals surface area contributed by atoms with Crippen LogP contribution in [0.1, 0.15) is 12.8 Å². The lowest BCUT2D eigenvalue weighted by atomic mass is 10.1. The summed E-state index contributed by atoms with van der Waals surface area (Å²) in [4.78, 5) is 17.5. The molecule has 0 spiro atoms. The molecule has 32 heavy (non-hydrogen) atoms. The van der Waals surface area contributed by atoms with Crippen molar-refractivity contribution in [3.63, 3.8) is 0 Å². The van der Waals surface area contributed by atoms with Gasteiger partial charge in [0, 0.05) is 24.0 Å². The topological polar surface area (TPSA) is 80.5 Å². The van der Waals surface area contributed by atoms with Gasteiger partial charge in [0.15, 0.2) is 11.6 Å². The molecule has 0 radical (unpaired) electrons. The number of nitrogens with zero attached hydrogens (tertiary/aromatic N) is 6. The van der Waals surface area contributed by atoms with E-state index in [1.54, 1.807) is 7.11 Å². The van der Waals surface area contributed by atoms with Crippen LogP contribution in [0.15, 0.2) is 53.9 Å². The van der Waals surface area contributed by atoms with Crippen molar-refractivity contribution in [1.29, 1.82) is 0 Å². The lowest BCUT2D eigenvalue weighted by Gasteiger charge is -2.19. The second-order valence-corrected chi connectivity index (χ2v) is 8.49. The minimum atomic E-state index is 0.498. The predicted molar refractivity (Wildman–Crippen MR) is 127 cm³/mol. The smallest absolute Gasteiger partial charge is 0.249 e. The molecule has 1 saturated heterocycles. The van der Waals surface area contributed by atoms with Gasteiger partial charge in [0.2, 0.25) is 10.9 Å². The zero-order valence-electron chi connectivity index (χ0n) is 17.5. The standard InChI is InChI=1S/C23H21N7OS/c1-31-19-11-5-2-8-15(19)18-14-32-23-27-22(28-30(18)23)26-20-21(29-12-6-7-13-29)25-17-10-4-3-9-16(17)24-20/h2-5,8-11,14H,6-7,12-13H2,1H3,(H,24,26,28). The summed E-state index contributed by atoms with van der Waals surface area (Å²) >= 11 is 1.54. The number of thiazole rings is 1. The van der Waals surface area contributed by atoms with E-state index in [1.165, 1.54) is 11.3 Å². The van der Waals surface area contributed by atoms with Crippen molar-refractivity contribution < 1.29 is 4.74 Å². The molecular formula is C23H21N7OS. The second kappa shape index (κ2) is 7.76. The highest BCUT2D eigenvalue weighted by molar-refractivity contribution is 7.15. The third-order valence-corrected chi connectivity index (χ3v) is 6.47. The Kier molecular flexibility index (Phi) is 4.61. The monoisotopic (exact) mass is 443 g/mol. The number of hydrogen-bond acceptors (Lipinski definition) is 8. The van der Waals surface area contributed by atoms with Gasteiger partial charge in [0.05, 0.1) is 23.8 Å². The highest BCUT2D eigenvalue weighted by Gasteiger charge is 2.21. The molecule has 4 heterocycles. The number of para-hydroxylation sites is 3. The molecule has 3 aromatic heterocycles. The van der Waals surface area contributed by atoms with Crippen LogP contribution in [0.4, 0.5) is 17.6 Å². The summed E-state index contributed by atoms with van der Waals surface area (Å²) in [6, 6.07) is 15.8. The first-order chi connectivity index (χ1) is 15.8. The number of rotatable bonds is 5. The Hall–Kier alpha value is -3.72. The molecule has 8 nitrogen and oxygen atoms in total. The van der Waals surface area contributed by atoms with Crippen molar-refractivity contribution in [2.24, 2.45) is 0 Å². The van der Waals surface area contributed by atoms with Crippen molar-refractivity contribution in [3.8, 4) is 17.0 Å². The number of fused-ring (bicyclic) bond motifs is 2. The van der Waals surface area contributed by atoms with Gasteiger partial charge >= 0.3 is 0 Å². The van der Waals surface area contributed by atoms with Gasteiger partial charge in [-0.15, -0.1) is 16.4 Å². The summed E-state index contributed by atoms with van der Waals surface area (Å²) in [6.07, 6.45) is 2.32. The van der Waals surface area contributed by atoms with Crippen LogP contribution in [0.2, 0.25) is 0 Å². The molecule has 0 unspecified atom stereocenters. The molecule has 1 aliphatic heterocycles. The molecule has 9 heteroatoms. The molecule has 0 aliphatic carbocycles. The van der Waals surface area contributed by atoms with Crippen molar-refractivity contribution in [1.82, 2.24) is 24.6 Å². The molecule has 0 saturated carbocycles. The summed E-state index contributed by atoms with van der Waals surface area (Å²) in [5.41, 5.74) is 3.64. The molecular weight excluding hydrogens is 422 g/mol. The number of methoxy groups -OCH3 is 1. The Balaban J connectivity index is 1.42. The van der Waals surface area contributed by atoms with Gasteiger partial charge in [-0.3, -0.25) is 0 Å². The van der Waals surface area contributed by atoms with Gasteiger partial charge in [-0.1, -0.05) is 24.3 Å². The molecule has 0 amide bonds. The highest BCUT2D eigenvalue weighted by Crippen LogP contribution is 2.34. The van der Waals surface area contributed by atoms with Gasteiger partial charge < -0.3 is 15.0 Å². The number of benzene rings is 2. The maximum atomic E-state index is 5.54. The largest absolute Gasteiger partial charge is 0.496 e. The van der Waals surface area contributed by atoms with E-state index in [0.717, 1.165) is 64.8 Å². The van der Waals surface area contributed by atoms with Crippen LogP contribution < -0.4 is 15.0 Å². The van der Waals surface area contributed by atoms with E-state index in [1.807, 2.05) is 58.4 Å². The quantitative estimate of drug-likeness (QED) is 0.420. The van der Waals surface area contributed by atoms with Crippen LogP contribution in [0, 0.1) is 0 Å². The molecule has 5 aromatic rings. The van der Waals surface area contributed by atoms with Gasteiger partial charge in [-0.25, -0.2) is 14.5 Å². The molecule has 0 atom stereocenters. The van der Waals surface area contributed by atoms with Gasteiger partial charge in [0.25, 0.3) is 0 Å². The second-order valence-electron chi connectivity index (χ2n) is 7.65. The summed E-state index contributed by atoms with van der Waals surface area (Å²) in [7, 11) is 1.68. The van der Waals surface area contributed by atoms with E-state index in [-0.39, 0.29) is 0 Å². The van der Waals surface area contributed by atoms with E-state index in [2.05, 4.69) is 15.2 Å². The van der Waals surface area contributed by atoms with Crippen molar-refractivity contribution >= 4 is 44.9 Å². The Bertz CT molecular complexity index is 1420. The third kappa shape index (κ3) is 3.21. The molecule has 1 N–H and O–H groups in total. The van der Waals surface area contributed by atoms with Gasteiger partial charge in [-0.05, 0) is 37.1 Å². The van der Waals surface area contributed by atoms with Crippen molar-refractivity contribution in [2.45, 2.75) is 12.8 Å². The van der Waals surface area contributed by atoms with E-state index >= 15 is 0 Å². The number of hydrogen-bond donors (Lipinski definition) is 1. The number of anilines is 3. The van der Waals surface area contributed by atoms with E-state index in [4.69, 9.17) is 19.8 Å². The average molecular weight is 444 g/mol. The van der Waals surface area contributed by atoms with Crippen LogP contribution in [0.5, 0.6) is 5.75 Å². The maximum Gasteiger partial charge on any atom is 0.249 e. The SMILES string of the molecule is COc1ccccc1-c1csc2nc(Nc3nc4ccccc4nc3N3CCCC3)nn12. The fourth-order valence-electron chi connectivity index (χ4n) is 4.11. The summed E-state index contributed by atoms with van der Waals surface area (Å²) < 4.78 is 7.38. The molecule has 6 rings (SSSR count). The highest BCUT2D eigenvalue weighted by atomic mass is 32.1. The Morgan fingerprint density at radius 2 is 1.69 bits per heavy atom. The lowest BCUT2D eigenvalue weighted by molar-refractivity contribution is 0.416. The molecule has 0 bridgehead atoms. The van der Waals surface area contributed by atoms with Crippen molar-refractivity contribution in [2.75, 3.05) is 30.4 Å². The lowest BCUT2D eigenvalue weighted by Crippen LogP contribution is -2.21. The number of aromatic nitrogens is 5. The Labute approximate surface area is 188 Å². The Morgan fingerprint density at radius 3 is 2.50 bits per heavy atom. The van der Waals surface area contributed by atoms with Gasteiger partial charge in [0.1, 0.15) is 5.75 Å². The van der Waals surface area contributed by atoms with E-state index in [0.29, 0.717) is 11.8 Å². The fourth-order valence-corrected chi connectivity index (χ4v) is 4.93. The summed E-state index contributed by atoms with van der Waals surface area (Å²) in [6.45, 7) is 1.96. The summed E-state index contributed by atoms with van der Waals surface area (Å²) in [5, 5.41) is 10.1. The first kappa shape index (κ1) is 19.0. The minimum Gasteiger partial charge on any atom is -0.496 e. The first-order valence-corrected chi connectivity index (χ1v) is 11.4. The first-order valence-electron chi connectivity index (χ1n) is 10.6. The van der Waals surface area contributed by atoms with Crippen LogP contribution in [-0.4, -0.2) is 44.8 Å². The number of nitrogens with one attached hydrogen (secondary N) is 1. The van der Waals surface area contributed by atoms with Crippen LogP contribution >= 0.6 is 11.3 Å². The normalized spacial score (nSPS) is 13.8. The predicted octanol–water partition coefficient (Wildman–Crippen LogP) is 4.75. The van der Waals surface area contributed by atoms with E-state index < -0.39 is 0 Å². The molecule has 160 valence electrons. The minimum absolute atomic E-state index is 0.498. The van der Waals surface area contributed by atoms with E-state index in [9.17, 15) is 0 Å². The van der Waals surface area contributed by atoms with Crippen LogP contribution in [0.25, 0.3) is 27.3 Å². The number of ether oxygens (including phenoxy) is 1. The zero-order valence-corrected chi connectivity index (χ0v) is 18.3. The van der Waals surface area contributed by atoms with Crippen LogP contribution in [-0.2, 0) is 0 Å². The van der Waals surface area contributed by atoms with Crippen molar-refractivity contribution in [3.05, 3.63) is 53.9 Å². The molecule has 1 aliphatic rings. The van der Waals surface area contributed by atoms with Gasteiger partial charge in [-0.2, -0.15) is 4.98 Å². The average Bonchev–Trinajstić information content (AvgIpc) is 3.56. The third-order valence-electron chi connectivity index (χ3n) is 5.65. The van der Waals surface area contributed by atoms with Crippen LogP contribution in [0.3, 0.4) is 0 Å². The fraction of sp³-hybridized carbons (Fsp3) is 0.217. The Morgan fingerprint density at radius 1 is 0.938 bits per heavy atom. The molecule has 2 aromatic carbocycles. The maximum absolute atomic E-state index is 5.54.